The molecule has 0 aliphatic rings. The molecule has 3 nitrogen and oxygen atoms in total. The molecule has 3 aromatic rings. The molecule has 0 atom stereocenters. The van der Waals surface area contributed by atoms with E-state index in [1.165, 1.54) is 11.3 Å². The van der Waals surface area contributed by atoms with Crippen LogP contribution in [0.1, 0.15) is 4.88 Å². The van der Waals surface area contributed by atoms with Crippen molar-refractivity contribution in [1.82, 2.24) is 4.98 Å². The van der Waals surface area contributed by atoms with Crippen LogP contribution in [0.25, 0.3) is 11.1 Å². The molecule has 2 heterocycles. The number of benzene rings is 1. The summed E-state index contributed by atoms with van der Waals surface area (Å²) in [5.74, 6) is 0.764. The zero-order valence-corrected chi connectivity index (χ0v) is 9.24. The van der Waals surface area contributed by atoms with E-state index < -0.39 is 0 Å². The first-order chi connectivity index (χ1) is 7.93. The minimum atomic E-state index is 0.573. The first kappa shape index (κ1) is 9.42. The smallest absolute Gasteiger partial charge is 0.182 e. The Labute approximate surface area is 96.3 Å². The third-order valence-electron chi connectivity index (χ3n) is 2.27. The van der Waals surface area contributed by atoms with E-state index in [-0.39, 0.29) is 0 Å². The molecule has 0 saturated carbocycles. The fraction of sp³-hybridized carbons (Fsp3) is 0.0833. The van der Waals surface area contributed by atoms with E-state index in [2.05, 4.69) is 4.98 Å². The molecule has 0 amide bonds. The summed E-state index contributed by atoms with van der Waals surface area (Å²) in [6.07, 6.45) is 1.43. The van der Waals surface area contributed by atoms with Crippen molar-refractivity contribution in [2.75, 3.05) is 0 Å². The number of hydrogen-bond donors (Lipinski definition) is 0. The van der Waals surface area contributed by atoms with Crippen molar-refractivity contribution in [3.05, 3.63) is 47.0 Å². The second-order valence-corrected chi connectivity index (χ2v) is 4.36. The van der Waals surface area contributed by atoms with Gasteiger partial charge in [-0.05, 0) is 23.6 Å². The average molecular weight is 231 g/mol. The van der Waals surface area contributed by atoms with Gasteiger partial charge in [0.25, 0.3) is 0 Å². The van der Waals surface area contributed by atoms with Gasteiger partial charge < -0.3 is 9.15 Å². The highest BCUT2D eigenvalue weighted by Crippen LogP contribution is 2.25. The molecule has 3 rings (SSSR count). The largest absolute Gasteiger partial charge is 0.486 e. The standard InChI is InChI=1S/C12H9NO2S/c1-4-10(12-11(5-1)15-8-13-12)14-7-9-3-2-6-16-9/h1-6,8H,7H2. The minimum Gasteiger partial charge on any atom is -0.486 e. The number of thiophene rings is 1. The molecule has 0 unspecified atom stereocenters. The fourth-order valence-electron chi connectivity index (χ4n) is 1.52. The third kappa shape index (κ3) is 1.67. The molecule has 0 bridgehead atoms. The molecule has 80 valence electrons. The van der Waals surface area contributed by atoms with Crippen molar-refractivity contribution in [3.8, 4) is 5.75 Å². The summed E-state index contributed by atoms with van der Waals surface area (Å²) in [5.41, 5.74) is 1.53. The number of hydrogen-bond acceptors (Lipinski definition) is 4. The Balaban J connectivity index is 1.86. The Kier molecular flexibility index (Phi) is 2.34. The lowest BCUT2D eigenvalue weighted by Gasteiger charge is -2.04. The lowest BCUT2D eigenvalue weighted by Crippen LogP contribution is -1.93. The maximum absolute atomic E-state index is 5.71. The van der Waals surface area contributed by atoms with Crippen molar-refractivity contribution in [1.29, 1.82) is 0 Å². The Morgan fingerprint density at radius 2 is 2.25 bits per heavy atom. The molecule has 0 fully saturated rings. The maximum atomic E-state index is 5.71. The zero-order chi connectivity index (χ0) is 10.8. The predicted octanol–water partition coefficient (Wildman–Crippen LogP) is 3.47. The summed E-state index contributed by atoms with van der Waals surface area (Å²) >= 11 is 1.68. The van der Waals surface area contributed by atoms with Gasteiger partial charge in [0.2, 0.25) is 0 Å². The second-order valence-electron chi connectivity index (χ2n) is 3.32. The monoisotopic (exact) mass is 231 g/mol. The summed E-state index contributed by atoms with van der Waals surface area (Å²) < 4.78 is 10.9. The Hall–Kier alpha value is -1.81. The molecular formula is C12H9NO2S. The van der Waals surface area contributed by atoms with Crippen LogP contribution >= 0.6 is 11.3 Å². The van der Waals surface area contributed by atoms with E-state index in [0.717, 1.165) is 16.8 Å². The number of ether oxygens (including phenoxy) is 1. The summed E-state index contributed by atoms with van der Waals surface area (Å²) in [7, 11) is 0. The third-order valence-corrected chi connectivity index (χ3v) is 3.12. The van der Waals surface area contributed by atoms with Crippen LogP contribution in [-0.2, 0) is 6.61 Å². The van der Waals surface area contributed by atoms with Crippen molar-refractivity contribution in [2.45, 2.75) is 6.61 Å². The fourth-order valence-corrected chi connectivity index (χ4v) is 2.14. The quantitative estimate of drug-likeness (QED) is 0.692. The van der Waals surface area contributed by atoms with Crippen LogP contribution < -0.4 is 4.74 Å². The van der Waals surface area contributed by atoms with Crippen molar-refractivity contribution in [2.24, 2.45) is 0 Å². The van der Waals surface area contributed by atoms with E-state index in [9.17, 15) is 0 Å². The summed E-state index contributed by atoms with van der Waals surface area (Å²) in [4.78, 5) is 5.33. The van der Waals surface area contributed by atoms with E-state index in [0.29, 0.717) is 6.61 Å². The highest BCUT2D eigenvalue weighted by atomic mass is 32.1. The van der Waals surface area contributed by atoms with Gasteiger partial charge in [0.15, 0.2) is 17.5 Å². The number of aromatic nitrogens is 1. The van der Waals surface area contributed by atoms with Gasteiger partial charge in [0.1, 0.15) is 12.4 Å². The molecule has 0 saturated heterocycles. The Morgan fingerprint density at radius 1 is 1.25 bits per heavy atom. The normalized spacial score (nSPS) is 10.8. The molecule has 0 N–H and O–H groups in total. The first-order valence-electron chi connectivity index (χ1n) is 4.91. The molecule has 0 spiro atoms. The highest BCUT2D eigenvalue weighted by Gasteiger charge is 2.05. The number of nitrogens with zero attached hydrogens (tertiary/aromatic N) is 1. The van der Waals surface area contributed by atoms with Crippen molar-refractivity contribution in [3.63, 3.8) is 0 Å². The molecule has 2 aromatic heterocycles. The number of fused-ring (bicyclic) bond motifs is 1. The number of rotatable bonds is 3. The molecule has 0 radical (unpaired) electrons. The van der Waals surface area contributed by atoms with Gasteiger partial charge in [-0.2, -0.15) is 0 Å². The number of para-hydroxylation sites is 1. The molecule has 0 aliphatic carbocycles. The van der Waals surface area contributed by atoms with Gasteiger partial charge in [-0.3, -0.25) is 0 Å². The van der Waals surface area contributed by atoms with Crippen LogP contribution in [0.15, 0.2) is 46.5 Å². The minimum absolute atomic E-state index is 0.573. The summed E-state index contributed by atoms with van der Waals surface area (Å²) in [5, 5.41) is 2.04. The predicted molar refractivity (Wildman–Crippen MR) is 62.7 cm³/mol. The van der Waals surface area contributed by atoms with Crippen LogP contribution in [0.2, 0.25) is 0 Å². The Morgan fingerprint density at radius 3 is 3.12 bits per heavy atom. The van der Waals surface area contributed by atoms with E-state index in [1.54, 1.807) is 11.3 Å². The molecule has 1 aromatic carbocycles. The van der Waals surface area contributed by atoms with Gasteiger partial charge in [0.05, 0.1) is 0 Å². The lowest BCUT2D eigenvalue weighted by molar-refractivity contribution is 0.313. The van der Waals surface area contributed by atoms with Crippen LogP contribution in [-0.4, -0.2) is 4.98 Å². The topological polar surface area (TPSA) is 35.3 Å². The van der Waals surface area contributed by atoms with Crippen LogP contribution in [0.5, 0.6) is 5.75 Å². The maximum Gasteiger partial charge on any atom is 0.182 e. The summed E-state index contributed by atoms with van der Waals surface area (Å²) in [6, 6.07) is 9.74. The van der Waals surface area contributed by atoms with Gasteiger partial charge in [-0.25, -0.2) is 4.98 Å². The lowest BCUT2D eigenvalue weighted by atomic mass is 10.3. The molecular weight excluding hydrogens is 222 g/mol. The average Bonchev–Trinajstić information content (AvgIpc) is 2.97. The summed E-state index contributed by atoms with van der Waals surface area (Å²) in [6.45, 7) is 0.573. The number of oxazole rings is 1. The van der Waals surface area contributed by atoms with E-state index >= 15 is 0 Å². The van der Waals surface area contributed by atoms with Gasteiger partial charge in [-0.1, -0.05) is 12.1 Å². The van der Waals surface area contributed by atoms with Gasteiger partial charge in [0, 0.05) is 4.88 Å². The molecule has 16 heavy (non-hydrogen) atoms. The van der Waals surface area contributed by atoms with E-state index in [1.807, 2.05) is 35.7 Å². The zero-order valence-electron chi connectivity index (χ0n) is 8.42. The highest BCUT2D eigenvalue weighted by molar-refractivity contribution is 7.09. The second kappa shape index (κ2) is 3.98. The van der Waals surface area contributed by atoms with Crippen LogP contribution in [0.3, 0.4) is 0 Å². The SMILES string of the molecule is c1csc(COc2cccc3ocnc23)c1. The van der Waals surface area contributed by atoms with Crippen LogP contribution in [0.4, 0.5) is 0 Å². The first-order valence-corrected chi connectivity index (χ1v) is 5.79. The van der Waals surface area contributed by atoms with Gasteiger partial charge >= 0.3 is 0 Å². The van der Waals surface area contributed by atoms with E-state index in [4.69, 9.17) is 9.15 Å². The molecule has 4 heteroatoms. The Bertz CT molecular complexity index is 586. The van der Waals surface area contributed by atoms with Crippen molar-refractivity contribution >= 4 is 22.4 Å². The van der Waals surface area contributed by atoms with Gasteiger partial charge in [-0.15, -0.1) is 11.3 Å². The van der Waals surface area contributed by atoms with Crippen molar-refractivity contribution < 1.29 is 9.15 Å². The molecule has 0 aliphatic heterocycles. The van der Waals surface area contributed by atoms with Crippen LogP contribution in [0, 0.1) is 0 Å².